The lowest BCUT2D eigenvalue weighted by atomic mass is 10.2. The SMILES string of the molecule is CCOC(=O)C(C)NC(=O)CCCC(=O)NC. The molecule has 0 aliphatic heterocycles. The molecule has 0 saturated carbocycles. The highest BCUT2D eigenvalue weighted by molar-refractivity contribution is 5.84. The van der Waals surface area contributed by atoms with Crippen LogP contribution in [0.25, 0.3) is 0 Å². The van der Waals surface area contributed by atoms with Crippen molar-refractivity contribution in [3.05, 3.63) is 0 Å². The minimum atomic E-state index is -0.651. The molecule has 17 heavy (non-hydrogen) atoms. The first kappa shape index (κ1) is 15.4. The van der Waals surface area contributed by atoms with E-state index >= 15 is 0 Å². The van der Waals surface area contributed by atoms with Crippen LogP contribution in [-0.2, 0) is 19.1 Å². The predicted molar refractivity (Wildman–Crippen MR) is 62.2 cm³/mol. The molecule has 2 amide bonds. The molecule has 1 atom stereocenters. The molecule has 0 aliphatic rings. The van der Waals surface area contributed by atoms with Crippen LogP contribution >= 0.6 is 0 Å². The number of amides is 2. The molecule has 98 valence electrons. The van der Waals surface area contributed by atoms with Crippen molar-refractivity contribution >= 4 is 17.8 Å². The van der Waals surface area contributed by atoms with E-state index in [0.29, 0.717) is 12.8 Å². The molecule has 1 unspecified atom stereocenters. The molecule has 0 aromatic rings. The Bertz CT molecular complexity index is 279. The van der Waals surface area contributed by atoms with Crippen molar-refractivity contribution in [1.82, 2.24) is 10.6 Å². The van der Waals surface area contributed by atoms with Crippen molar-refractivity contribution in [2.45, 2.75) is 39.2 Å². The van der Waals surface area contributed by atoms with Gasteiger partial charge in [0.25, 0.3) is 0 Å². The first-order valence-electron chi connectivity index (χ1n) is 5.67. The van der Waals surface area contributed by atoms with E-state index < -0.39 is 12.0 Å². The Balaban J connectivity index is 3.78. The van der Waals surface area contributed by atoms with E-state index in [1.807, 2.05) is 0 Å². The van der Waals surface area contributed by atoms with Gasteiger partial charge in [-0.3, -0.25) is 9.59 Å². The van der Waals surface area contributed by atoms with E-state index in [1.165, 1.54) is 0 Å². The first-order valence-corrected chi connectivity index (χ1v) is 5.67. The first-order chi connectivity index (χ1) is 8.01. The van der Waals surface area contributed by atoms with Crippen molar-refractivity contribution in [3.63, 3.8) is 0 Å². The van der Waals surface area contributed by atoms with E-state index in [9.17, 15) is 14.4 Å². The van der Waals surface area contributed by atoms with Gasteiger partial charge in [0.1, 0.15) is 6.04 Å². The third-order valence-corrected chi connectivity index (χ3v) is 2.10. The Morgan fingerprint density at radius 1 is 1.18 bits per heavy atom. The smallest absolute Gasteiger partial charge is 0.328 e. The van der Waals surface area contributed by atoms with Crippen LogP contribution in [0.15, 0.2) is 0 Å². The summed E-state index contributed by atoms with van der Waals surface area (Å²) in [7, 11) is 1.55. The Morgan fingerprint density at radius 2 is 1.76 bits per heavy atom. The van der Waals surface area contributed by atoms with Crippen LogP contribution in [0.5, 0.6) is 0 Å². The number of carbonyl (C=O) groups is 3. The topological polar surface area (TPSA) is 84.5 Å². The zero-order valence-electron chi connectivity index (χ0n) is 10.5. The Kier molecular flexibility index (Phi) is 7.75. The maximum absolute atomic E-state index is 11.4. The summed E-state index contributed by atoms with van der Waals surface area (Å²) in [4.78, 5) is 33.5. The summed E-state index contributed by atoms with van der Waals surface area (Å²) in [6.45, 7) is 3.56. The van der Waals surface area contributed by atoms with Gasteiger partial charge in [0.05, 0.1) is 6.61 Å². The normalized spacial score (nSPS) is 11.5. The van der Waals surface area contributed by atoms with Gasteiger partial charge in [-0.25, -0.2) is 4.79 Å². The zero-order chi connectivity index (χ0) is 13.3. The fourth-order valence-electron chi connectivity index (χ4n) is 1.17. The molecule has 6 nitrogen and oxygen atoms in total. The molecule has 0 spiro atoms. The molecule has 0 saturated heterocycles. The largest absolute Gasteiger partial charge is 0.464 e. The van der Waals surface area contributed by atoms with Crippen molar-refractivity contribution < 1.29 is 19.1 Å². The van der Waals surface area contributed by atoms with Crippen LogP contribution in [0.4, 0.5) is 0 Å². The number of ether oxygens (including phenoxy) is 1. The zero-order valence-corrected chi connectivity index (χ0v) is 10.5. The second-order valence-corrected chi connectivity index (χ2v) is 3.57. The molecule has 0 fully saturated rings. The number of esters is 1. The Hall–Kier alpha value is -1.59. The molecule has 0 heterocycles. The van der Waals surface area contributed by atoms with Crippen LogP contribution < -0.4 is 10.6 Å². The van der Waals surface area contributed by atoms with Crippen molar-refractivity contribution in [1.29, 1.82) is 0 Å². The third kappa shape index (κ3) is 7.32. The van der Waals surface area contributed by atoms with Gasteiger partial charge in [-0.05, 0) is 20.3 Å². The van der Waals surface area contributed by atoms with Crippen LogP contribution in [0.1, 0.15) is 33.1 Å². The summed E-state index contributed by atoms with van der Waals surface area (Å²) in [5.74, 6) is -0.808. The van der Waals surface area contributed by atoms with Gasteiger partial charge >= 0.3 is 5.97 Å². The Labute approximate surface area is 101 Å². The van der Waals surface area contributed by atoms with Crippen LogP contribution in [-0.4, -0.2) is 37.5 Å². The van der Waals surface area contributed by atoms with Gasteiger partial charge in [0.15, 0.2) is 0 Å². The van der Waals surface area contributed by atoms with E-state index in [-0.39, 0.29) is 24.8 Å². The molecule has 2 N–H and O–H groups in total. The van der Waals surface area contributed by atoms with Crippen molar-refractivity contribution in [3.8, 4) is 0 Å². The van der Waals surface area contributed by atoms with Gasteiger partial charge in [-0.15, -0.1) is 0 Å². The number of rotatable bonds is 7. The van der Waals surface area contributed by atoms with E-state index in [0.717, 1.165) is 0 Å². The summed E-state index contributed by atoms with van der Waals surface area (Å²) in [5.41, 5.74) is 0. The maximum Gasteiger partial charge on any atom is 0.328 e. The molecule has 0 aromatic carbocycles. The number of hydrogen-bond donors (Lipinski definition) is 2. The second kappa shape index (κ2) is 8.55. The lowest BCUT2D eigenvalue weighted by Crippen LogP contribution is -2.39. The third-order valence-electron chi connectivity index (χ3n) is 2.10. The summed E-state index contributed by atoms with van der Waals surface area (Å²) < 4.78 is 4.75. The molecule has 0 rings (SSSR count). The van der Waals surface area contributed by atoms with E-state index in [1.54, 1.807) is 20.9 Å². The van der Waals surface area contributed by atoms with Crippen LogP contribution in [0.2, 0.25) is 0 Å². The van der Waals surface area contributed by atoms with Gasteiger partial charge in [0.2, 0.25) is 11.8 Å². The fourth-order valence-corrected chi connectivity index (χ4v) is 1.17. The number of carbonyl (C=O) groups excluding carboxylic acids is 3. The minimum absolute atomic E-state index is 0.101. The molecule has 6 heteroatoms. The summed E-state index contributed by atoms with van der Waals surface area (Å²) in [5, 5.41) is 4.98. The summed E-state index contributed by atoms with van der Waals surface area (Å²) in [6.07, 6.45) is 0.982. The number of nitrogens with one attached hydrogen (secondary N) is 2. The highest BCUT2D eigenvalue weighted by Crippen LogP contribution is 1.97. The molecule has 0 radical (unpaired) electrons. The Morgan fingerprint density at radius 3 is 2.29 bits per heavy atom. The average molecular weight is 244 g/mol. The highest BCUT2D eigenvalue weighted by Gasteiger charge is 2.16. The van der Waals surface area contributed by atoms with Gasteiger partial charge in [-0.2, -0.15) is 0 Å². The predicted octanol–water partition coefficient (Wildman–Crippen LogP) is -0.0295. The maximum atomic E-state index is 11.4. The van der Waals surface area contributed by atoms with Crippen LogP contribution in [0, 0.1) is 0 Å². The van der Waals surface area contributed by atoms with E-state index in [2.05, 4.69) is 10.6 Å². The fraction of sp³-hybridized carbons (Fsp3) is 0.727. The lowest BCUT2D eigenvalue weighted by Gasteiger charge is -2.12. The highest BCUT2D eigenvalue weighted by atomic mass is 16.5. The van der Waals surface area contributed by atoms with Gasteiger partial charge < -0.3 is 15.4 Å². The van der Waals surface area contributed by atoms with Crippen LogP contribution in [0.3, 0.4) is 0 Å². The summed E-state index contributed by atoms with van der Waals surface area (Å²) >= 11 is 0. The monoisotopic (exact) mass is 244 g/mol. The van der Waals surface area contributed by atoms with Gasteiger partial charge in [0, 0.05) is 19.9 Å². The van der Waals surface area contributed by atoms with E-state index in [4.69, 9.17) is 4.74 Å². The van der Waals surface area contributed by atoms with Crippen molar-refractivity contribution in [2.24, 2.45) is 0 Å². The second-order valence-electron chi connectivity index (χ2n) is 3.57. The average Bonchev–Trinajstić information content (AvgIpc) is 2.28. The quantitative estimate of drug-likeness (QED) is 0.616. The molecular weight excluding hydrogens is 224 g/mol. The molecule has 0 aliphatic carbocycles. The molecule has 0 aromatic heterocycles. The lowest BCUT2D eigenvalue weighted by molar-refractivity contribution is -0.146. The standard InChI is InChI=1S/C11H20N2O4/c1-4-17-11(16)8(2)13-10(15)7-5-6-9(14)12-3/h8H,4-7H2,1-3H3,(H,12,14)(H,13,15). The van der Waals surface area contributed by atoms with Crippen molar-refractivity contribution in [2.75, 3.05) is 13.7 Å². The minimum Gasteiger partial charge on any atom is -0.464 e. The molecular formula is C11H20N2O4. The molecule has 0 bridgehead atoms. The van der Waals surface area contributed by atoms with Gasteiger partial charge in [-0.1, -0.05) is 0 Å². The summed E-state index contributed by atoms with van der Waals surface area (Å²) in [6, 6.07) is -0.651. The number of hydrogen-bond acceptors (Lipinski definition) is 4.